The monoisotopic (exact) mass is 258 g/mol. The molecule has 1 atom stereocenters. The Balaban J connectivity index is 1.73. The predicted molar refractivity (Wildman–Crippen MR) is 73.5 cm³/mol. The van der Waals surface area contributed by atoms with Gasteiger partial charge in [0.15, 0.2) is 0 Å². The molecule has 0 aliphatic heterocycles. The van der Waals surface area contributed by atoms with Gasteiger partial charge in [-0.05, 0) is 19.1 Å². The molecule has 4 nitrogen and oxygen atoms in total. The van der Waals surface area contributed by atoms with Gasteiger partial charge in [0.05, 0.1) is 28.3 Å². The lowest BCUT2D eigenvalue weighted by Crippen LogP contribution is -2.19. The molecule has 0 bridgehead atoms. The van der Waals surface area contributed by atoms with Crippen molar-refractivity contribution < 1.29 is 0 Å². The third-order valence-electron chi connectivity index (χ3n) is 2.89. The van der Waals surface area contributed by atoms with Crippen LogP contribution in [0.1, 0.15) is 24.5 Å². The van der Waals surface area contributed by atoms with Gasteiger partial charge in [0.2, 0.25) is 0 Å². The highest BCUT2D eigenvalue weighted by Gasteiger charge is 2.10. The number of aromatic nitrogens is 3. The largest absolute Gasteiger partial charge is 0.341 e. The van der Waals surface area contributed by atoms with Crippen LogP contribution >= 0.6 is 11.3 Å². The summed E-state index contributed by atoms with van der Waals surface area (Å²) in [6.07, 6.45) is 0. The van der Waals surface area contributed by atoms with Crippen LogP contribution in [0.5, 0.6) is 0 Å². The summed E-state index contributed by atoms with van der Waals surface area (Å²) in [5.74, 6) is 0.964. The van der Waals surface area contributed by atoms with E-state index in [2.05, 4.69) is 32.6 Å². The third-order valence-corrected chi connectivity index (χ3v) is 3.53. The van der Waals surface area contributed by atoms with E-state index in [-0.39, 0.29) is 6.04 Å². The number of hydrogen-bond acceptors (Lipinski definition) is 4. The number of H-pyrrole nitrogens is 1. The zero-order chi connectivity index (χ0) is 12.4. The summed E-state index contributed by atoms with van der Waals surface area (Å²) in [6, 6.07) is 8.25. The molecule has 18 heavy (non-hydrogen) atoms. The first-order valence-electron chi connectivity index (χ1n) is 5.88. The van der Waals surface area contributed by atoms with Gasteiger partial charge in [0, 0.05) is 11.9 Å². The molecule has 92 valence electrons. The number of thiazole rings is 1. The molecule has 0 spiro atoms. The Morgan fingerprint density at radius 2 is 2.28 bits per heavy atom. The van der Waals surface area contributed by atoms with Crippen LogP contribution in [0.3, 0.4) is 0 Å². The van der Waals surface area contributed by atoms with Crippen molar-refractivity contribution in [3.63, 3.8) is 0 Å². The van der Waals surface area contributed by atoms with Crippen molar-refractivity contribution in [2.45, 2.75) is 19.5 Å². The van der Waals surface area contributed by atoms with Gasteiger partial charge in [-0.1, -0.05) is 12.1 Å². The van der Waals surface area contributed by atoms with E-state index in [1.54, 1.807) is 11.3 Å². The van der Waals surface area contributed by atoms with Gasteiger partial charge in [-0.3, -0.25) is 0 Å². The van der Waals surface area contributed by atoms with Gasteiger partial charge < -0.3 is 10.3 Å². The minimum atomic E-state index is 0.180. The van der Waals surface area contributed by atoms with Crippen LogP contribution in [0.25, 0.3) is 11.0 Å². The third kappa shape index (κ3) is 2.27. The lowest BCUT2D eigenvalue weighted by atomic mass is 10.3. The van der Waals surface area contributed by atoms with Crippen LogP contribution in [0.4, 0.5) is 0 Å². The van der Waals surface area contributed by atoms with Crippen LogP contribution < -0.4 is 5.32 Å². The summed E-state index contributed by atoms with van der Waals surface area (Å²) in [4.78, 5) is 12.2. The predicted octanol–water partition coefficient (Wildman–Crippen LogP) is 2.87. The molecule has 2 aromatic heterocycles. The number of para-hydroxylation sites is 2. The molecular formula is C13H14N4S. The Hall–Kier alpha value is -1.72. The Bertz CT molecular complexity index is 596. The number of hydrogen-bond donors (Lipinski definition) is 2. The molecule has 3 aromatic rings. The smallest absolute Gasteiger partial charge is 0.124 e. The van der Waals surface area contributed by atoms with E-state index in [9.17, 15) is 0 Å². The topological polar surface area (TPSA) is 53.6 Å². The first-order chi connectivity index (χ1) is 8.83. The van der Waals surface area contributed by atoms with Crippen molar-refractivity contribution in [2.75, 3.05) is 0 Å². The second kappa shape index (κ2) is 4.88. The number of rotatable bonds is 4. The molecule has 0 saturated heterocycles. The van der Waals surface area contributed by atoms with Crippen molar-refractivity contribution in [1.29, 1.82) is 0 Å². The van der Waals surface area contributed by atoms with Gasteiger partial charge in [0.1, 0.15) is 5.82 Å². The van der Waals surface area contributed by atoms with Gasteiger partial charge in [-0.25, -0.2) is 9.97 Å². The maximum Gasteiger partial charge on any atom is 0.124 e. The lowest BCUT2D eigenvalue weighted by Gasteiger charge is -2.09. The Kier molecular flexibility index (Phi) is 3.08. The Labute approximate surface area is 109 Å². The molecule has 0 fully saturated rings. The average Bonchev–Trinajstić information content (AvgIpc) is 3.04. The average molecular weight is 258 g/mol. The minimum Gasteiger partial charge on any atom is -0.341 e. The summed E-state index contributed by atoms with van der Waals surface area (Å²) in [5.41, 5.74) is 5.01. The van der Waals surface area contributed by atoms with E-state index in [4.69, 9.17) is 0 Å². The number of nitrogens with zero attached hydrogens (tertiary/aromatic N) is 2. The molecule has 3 rings (SSSR count). The maximum atomic E-state index is 4.58. The van der Waals surface area contributed by atoms with Gasteiger partial charge >= 0.3 is 0 Å². The molecule has 1 unspecified atom stereocenters. The summed E-state index contributed by atoms with van der Waals surface area (Å²) in [7, 11) is 0. The zero-order valence-electron chi connectivity index (χ0n) is 10.1. The second-order valence-corrected chi connectivity index (χ2v) is 4.94. The van der Waals surface area contributed by atoms with Crippen molar-refractivity contribution in [2.24, 2.45) is 0 Å². The highest BCUT2D eigenvalue weighted by atomic mass is 32.1. The number of benzene rings is 1. The fraction of sp³-hybridized carbons (Fsp3) is 0.231. The van der Waals surface area contributed by atoms with Crippen LogP contribution in [0, 0.1) is 0 Å². The van der Waals surface area contributed by atoms with E-state index in [0.29, 0.717) is 0 Å². The normalized spacial score (nSPS) is 12.9. The SMILES string of the molecule is CC(NCc1cscn1)c1nc2ccccc2[nH]1. The van der Waals surface area contributed by atoms with Crippen LogP contribution in [-0.2, 0) is 6.54 Å². The quantitative estimate of drug-likeness (QED) is 0.756. The van der Waals surface area contributed by atoms with E-state index in [0.717, 1.165) is 29.1 Å². The van der Waals surface area contributed by atoms with Crippen LogP contribution in [-0.4, -0.2) is 15.0 Å². The first kappa shape index (κ1) is 11.4. The molecular weight excluding hydrogens is 244 g/mol. The van der Waals surface area contributed by atoms with Crippen LogP contribution in [0.15, 0.2) is 35.2 Å². The highest BCUT2D eigenvalue weighted by molar-refractivity contribution is 7.07. The molecule has 5 heteroatoms. The first-order valence-corrected chi connectivity index (χ1v) is 6.82. The van der Waals surface area contributed by atoms with Gasteiger partial charge in [-0.15, -0.1) is 11.3 Å². The lowest BCUT2D eigenvalue weighted by molar-refractivity contribution is 0.547. The standard InChI is InChI=1S/C13H14N4S/c1-9(14-6-10-7-18-8-15-10)13-16-11-4-2-3-5-12(11)17-13/h2-5,7-9,14H,6H2,1H3,(H,16,17). The summed E-state index contributed by atoms with van der Waals surface area (Å²) in [6.45, 7) is 2.87. The van der Waals surface area contributed by atoms with Gasteiger partial charge in [0.25, 0.3) is 0 Å². The van der Waals surface area contributed by atoms with E-state index >= 15 is 0 Å². The fourth-order valence-corrected chi connectivity index (χ4v) is 2.42. The maximum absolute atomic E-state index is 4.58. The molecule has 0 aliphatic rings. The molecule has 0 amide bonds. The summed E-state index contributed by atoms with van der Waals surface area (Å²) >= 11 is 1.62. The van der Waals surface area contributed by atoms with Crippen molar-refractivity contribution >= 4 is 22.4 Å². The van der Waals surface area contributed by atoms with E-state index in [1.807, 2.05) is 29.8 Å². The Morgan fingerprint density at radius 3 is 3.06 bits per heavy atom. The van der Waals surface area contributed by atoms with Crippen molar-refractivity contribution in [3.05, 3.63) is 46.7 Å². The highest BCUT2D eigenvalue weighted by Crippen LogP contribution is 2.15. The van der Waals surface area contributed by atoms with E-state index < -0.39 is 0 Å². The number of aromatic amines is 1. The molecule has 2 N–H and O–H groups in total. The molecule has 0 aliphatic carbocycles. The van der Waals surface area contributed by atoms with Gasteiger partial charge in [-0.2, -0.15) is 0 Å². The molecule has 2 heterocycles. The van der Waals surface area contributed by atoms with Crippen molar-refractivity contribution in [3.8, 4) is 0 Å². The minimum absolute atomic E-state index is 0.180. The summed E-state index contributed by atoms with van der Waals surface area (Å²) in [5, 5.41) is 5.47. The molecule has 0 saturated carbocycles. The molecule has 1 aromatic carbocycles. The second-order valence-electron chi connectivity index (χ2n) is 4.22. The Morgan fingerprint density at radius 1 is 1.39 bits per heavy atom. The zero-order valence-corrected chi connectivity index (χ0v) is 10.9. The fourth-order valence-electron chi connectivity index (χ4n) is 1.86. The number of imidazole rings is 1. The number of nitrogens with one attached hydrogen (secondary N) is 2. The molecule has 0 radical (unpaired) electrons. The van der Waals surface area contributed by atoms with E-state index in [1.165, 1.54) is 0 Å². The van der Waals surface area contributed by atoms with Crippen LogP contribution in [0.2, 0.25) is 0 Å². The van der Waals surface area contributed by atoms with Crippen molar-refractivity contribution in [1.82, 2.24) is 20.3 Å². The summed E-state index contributed by atoms with van der Waals surface area (Å²) < 4.78 is 0. The number of fused-ring (bicyclic) bond motifs is 1.